The molecular formula is C11H7Br2F3N2S. The maximum absolute atomic E-state index is 12.9. The minimum atomic E-state index is -4.45. The molecule has 2 nitrogen and oxygen atoms in total. The molecule has 0 amide bonds. The average Bonchev–Trinajstić information content (AvgIpc) is 2.66. The summed E-state index contributed by atoms with van der Waals surface area (Å²) >= 11 is 7.93. The van der Waals surface area contributed by atoms with E-state index in [1.807, 2.05) is 0 Å². The summed E-state index contributed by atoms with van der Waals surface area (Å²) in [6.45, 7) is 0. The van der Waals surface area contributed by atoms with E-state index in [0.717, 1.165) is 22.2 Å². The van der Waals surface area contributed by atoms with Crippen LogP contribution in [0.3, 0.4) is 0 Å². The Morgan fingerprint density at radius 2 is 1.95 bits per heavy atom. The number of thiophene rings is 1. The van der Waals surface area contributed by atoms with Crippen LogP contribution in [0.2, 0.25) is 0 Å². The Hall–Kier alpha value is -0.440. The summed E-state index contributed by atoms with van der Waals surface area (Å²) in [5.74, 6) is 0. The van der Waals surface area contributed by atoms with Gasteiger partial charge in [-0.3, -0.25) is 4.98 Å². The zero-order valence-electron chi connectivity index (χ0n) is 9.21. The van der Waals surface area contributed by atoms with Crippen molar-refractivity contribution in [2.24, 2.45) is 5.73 Å². The molecule has 8 heteroatoms. The largest absolute Gasteiger partial charge is 0.416 e. The molecule has 0 fully saturated rings. The van der Waals surface area contributed by atoms with Crippen LogP contribution in [0.5, 0.6) is 0 Å². The third kappa shape index (κ3) is 3.18. The number of nitrogens with zero attached hydrogens (tertiary/aromatic N) is 1. The molecule has 1 unspecified atom stereocenters. The first kappa shape index (κ1) is 15.0. The second kappa shape index (κ2) is 5.51. The fourth-order valence-corrected chi connectivity index (χ4v) is 4.57. The van der Waals surface area contributed by atoms with Gasteiger partial charge in [0.25, 0.3) is 0 Å². The Kier molecular flexibility index (Phi) is 4.34. The Morgan fingerprint density at radius 3 is 2.47 bits per heavy atom. The summed E-state index contributed by atoms with van der Waals surface area (Å²) in [7, 11) is 0. The highest BCUT2D eigenvalue weighted by atomic mass is 79.9. The maximum atomic E-state index is 12.9. The van der Waals surface area contributed by atoms with Crippen molar-refractivity contribution < 1.29 is 13.2 Å². The lowest BCUT2D eigenvalue weighted by Crippen LogP contribution is -2.18. The van der Waals surface area contributed by atoms with Gasteiger partial charge >= 0.3 is 6.18 Å². The number of hydrogen-bond donors (Lipinski definition) is 1. The summed E-state index contributed by atoms with van der Waals surface area (Å²) in [5.41, 5.74) is 5.74. The minimum absolute atomic E-state index is 0.0407. The molecule has 0 saturated heterocycles. The van der Waals surface area contributed by atoms with Crippen LogP contribution in [-0.4, -0.2) is 4.98 Å². The van der Waals surface area contributed by atoms with Crippen LogP contribution >= 0.6 is 43.2 Å². The highest BCUT2D eigenvalue weighted by Gasteiger charge is 2.35. The molecule has 1 atom stereocenters. The summed E-state index contributed by atoms with van der Waals surface area (Å²) in [6, 6.07) is 1.75. The van der Waals surface area contributed by atoms with E-state index in [-0.39, 0.29) is 5.56 Å². The Labute approximate surface area is 128 Å². The van der Waals surface area contributed by atoms with Gasteiger partial charge in [0, 0.05) is 18.0 Å². The first-order chi connectivity index (χ1) is 8.80. The van der Waals surface area contributed by atoms with Crippen LogP contribution in [0.4, 0.5) is 13.2 Å². The van der Waals surface area contributed by atoms with Crippen molar-refractivity contribution in [3.8, 4) is 0 Å². The Morgan fingerprint density at radius 1 is 1.26 bits per heavy atom. The molecule has 0 radical (unpaired) electrons. The molecule has 0 spiro atoms. The zero-order chi connectivity index (χ0) is 14.2. The van der Waals surface area contributed by atoms with Gasteiger partial charge in [-0.1, -0.05) is 0 Å². The van der Waals surface area contributed by atoms with Crippen LogP contribution in [-0.2, 0) is 6.18 Å². The standard InChI is InChI=1S/C11H7Br2F3N2S/c12-8-3-5(10(13)19-8)9(17)6-4-18-2-1-7(6)11(14,15)16/h1-4,9H,17H2. The topological polar surface area (TPSA) is 38.9 Å². The van der Waals surface area contributed by atoms with E-state index in [2.05, 4.69) is 36.8 Å². The second-order valence-electron chi connectivity index (χ2n) is 3.72. The van der Waals surface area contributed by atoms with Gasteiger partial charge in [0.05, 0.1) is 19.2 Å². The lowest BCUT2D eigenvalue weighted by Gasteiger charge is -2.17. The van der Waals surface area contributed by atoms with E-state index in [1.54, 1.807) is 6.07 Å². The molecule has 0 aliphatic heterocycles. The molecule has 2 heterocycles. The lowest BCUT2D eigenvalue weighted by atomic mass is 9.99. The smallest absolute Gasteiger partial charge is 0.320 e. The van der Waals surface area contributed by atoms with Gasteiger partial charge in [0.15, 0.2) is 0 Å². The number of nitrogens with two attached hydrogens (primary N) is 1. The highest BCUT2D eigenvalue weighted by Crippen LogP contribution is 2.40. The number of rotatable bonds is 2. The fraction of sp³-hybridized carbons (Fsp3) is 0.182. The first-order valence-corrected chi connectivity index (χ1v) is 7.42. The lowest BCUT2D eigenvalue weighted by molar-refractivity contribution is -0.138. The van der Waals surface area contributed by atoms with Crippen molar-refractivity contribution in [3.05, 3.63) is 48.8 Å². The summed E-state index contributed by atoms with van der Waals surface area (Å²) in [5, 5.41) is 0. The summed E-state index contributed by atoms with van der Waals surface area (Å²) in [4.78, 5) is 3.74. The number of pyridine rings is 1. The normalized spacial score (nSPS) is 13.6. The Balaban J connectivity index is 2.50. The maximum Gasteiger partial charge on any atom is 0.416 e. The van der Waals surface area contributed by atoms with Crippen LogP contribution in [0.1, 0.15) is 22.7 Å². The molecule has 102 valence electrons. The molecule has 2 N–H and O–H groups in total. The molecule has 2 aromatic rings. The van der Waals surface area contributed by atoms with Gasteiger partial charge in [-0.2, -0.15) is 13.2 Å². The second-order valence-corrected chi connectivity index (χ2v) is 7.47. The van der Waals surface area contributed by atoms with Crippen molar-refractivity contribution in [3.63, 3.8) is 0 Å². The van der Waals surface area contributed by atoms with Crippen molar-refractivity contribution in [1.29, 1.82) is 0 Å². The molecule has 2 aromatic heterocycles. The van der Waals surface area contributed by atoms with Gasteiger partial charge in [0.1, 0.15) is 0 Å². The van der Waals surface area contributed by atoms with E-state index < -0.39 is 17.8 Å². The number of hydrogen-bond acceptors (Lipinski definition) is 3. The Bertz CT molecular complexity index is 598. The van der Waals surface area contributed by atoms with Crippen molar-refractivity contribution >= 4 is 43.2 Å². The van der Waals surface area contributed by atoms with Gasteiger partial charge in [0.2, 0.25) is 0 Å². The molecule has 0 saturated carbocycles. The van der Waals surface area contributed by atoms with E-state index >= 15 is 0 Å². The van der Waals surface area contributed by atoms with E-state index in [0.29, 0.717) is 9.35 Å². The number of alkyl halides is 3. The van der Waals surface area contributed by atoms with E-state index in [9.17, 15) is 13.2 Å². The van der Waals surface area contributed by atoms with Crippen LogP contribution in [0.25, 0.3) is 0 Å². The third-order valence-corrected chi connectivity index (χ3v) is 4.90. The van der Waals surface area contributed by atoms with Crippen LogP contribution < -0.4 is 5.73 Å². The van der Waals surface area contributed by atoms with Gasteiger partial charge in [-0.05, 0) is 49.6 Å². The van der Waals surface area contributed by atoms with E-state index in [1.165, 1.54) is 11.3 Å². The van der Waals surface area contributed by atoms with Gasteiger partial charge in [-0.15, -0.1) is 11.3 Å². The zero-order valence-corrected chi connectivity index (χ0v) is 13.2. The number of halogens is 5. The quantitative estimate of drug-likeness (QED) is 0.769. The molecule has 0 aliphatic rings. The summed E-state index contributed by atoms with van der Waals surface area (Å²) in [6.07, 6.45) is -2.18. The fourth-order valence-electron chi connectivity index (χ4n) is 1.65. The number of aromatic nitrogens is 1. The molecule has 0 aromatic carbocycles. The van der Waals surface area contributed by atoms with Crippen LogP contribution in [0.15, 0.2) is 32.1 Å². The summed E-state index contributed by atoms with van der Waals surface area (Å²) < 4.78 is 40.3. The molecule has 19 heavy (non-hydrogen) atoms. The minimum Gasteiger partial charge on any atom is -0.320 e. The molecule has 2 rings (SSSR count). The monoisotopic (exact) mass is 414 g/mol. The third-order valence-electron chi connectivity index (χ3n) is 2.51. The average molecular weight is 416 g/mol. The molecule has 0 bridgehead atoms. The van der Waals surface area contributed by atoms with Crippen LogP contribution in [0, 0.1) is 0 Å². The van der Waals surface area contributed by atoms with Crippen molar-refractivity contribution in [1.82, 2.24) is 4.98 Å². The predicted octanol–water partition coefficient (Wildman–Crippen LogP) is 4.74. The van der Waals surface area contributed by atoms with Gasteiger partial charge < -0.3 is 5.73 Å². The molecular weight excluding hydrogens is 409 g/mol. The van der Waals surface area contributed by atoms with E-state index in [4.69, 9.17) is 5.73 Å². The van der Waals surface area contributed by atoms with Crippen molar-refractivity contribution in [2.45, 2.75) is 12.2 Å². The predicted molar refractivity (Wildman–Crippen MR) is 75.0 cm³/mol. The van der Waals surface area contributed by atoms with Gasteiger partial charge in [-0.25, -0.2) is 0 Å². The molecule has 0 aliphatic carbocycles. The van der Waals surface area contributed by atoms with Crippen molar-refractivity contribution in [2.75, 3.05) is 0 Å². The highest BCUT2D eigenvalue weighted by molar-refractivity contribution is 9.12. The first-order valence-electron chi connectivity index (χ1n) is 5.02. The SMILES string of the molecule is NC(c1cnccc1C(F)(F)F)c1cc(Br)sc1Br.